The van der Waals surface area contributed by atoms with E-state index in [4.69, 9.17) is 4.52 Å². The van der Waals surface area contributed by atoms with Gasteiger partial charge >= 0.3 is 5.97 Å². The summed E-state index contributed by atoms with van der Waals surface area (Å²) in [7, 11) is 0. The van der Waals surface area contributed by atoms with Crippen molar-refractivity contribution in [1.82, 2.24) is 19.8 Å². The maximum atomic E-state index is 12.6. The number of hydrogen-bond acceptors (Lipinski definition) is 5. The van der Waals surface area contributed by atoms with Crippen LogP contribution in [-0.4, -0.2) is 49.9 Å². The van der Waals surface area contributed by atoms with E-state index in [-0.39, 0.29) is 18.1 Å². The van der Waals surface area contributed by atoms with Crippen LogP contribution in [0.1, 0.15) is 41.6 Å². The molecular weight excluding hydrogens is 312 g/mol. The lowest BCUT2D eigenvalue weighted by molar-refractivity contribution is -0.150. The Kier molecular flexibility index (Phi) is 4.13. The Labute approximate surface area is 139 Å². The lowest BCUT2D eigenvalue weighted by atomic mass is 9.82. The fourth-order valence-corrected chi connectivity index (χ4v) is 2.95. The Hall–Kier alpha value is -2.64. The summed E-state index contributed by atoms with van der Waals surface area (Å²) in [5.74, 6) is -0.650. The molecule has 1 N–H and O–H groups in total. The fraction of sp³-hybridized carbons (Fsp3) is 0.500. The van der Waals surface area contributed by atoms with Crippen molar-refractivity contribution in [3.05, 3.63) is 35.5 Å². The van der Waals surface area contributed by atoms with Gasteiger partial charge in [0.05, 0.1) is 11.6 Å². The highest BCUT2D eigenvalue weighted by molar-refractivity contribution is 5.92. The molecule has 0 bridgehead atoms. The van der Waals surface area contributed by atoms with Crippen molar-refractivity contribution in [2.75, 3.05) is 13.1 Å². The number of rotatable bonds is 4. The zero-order valence-corrected chi connectivity index (χ0v) is 13.7. The number of aryl methyl sites for hydroxylation is 1. The molecule has 0 aliphatic carbocycles. The van der Waals surface area contributed by atoms with Crippen molar-refractivity contribution in [3.63, 3.8) is 0 Å². The van der Waals surface area contributed by atoms with Gasteiger partial charge in [0.25, 0.3) is 5.91 Å². The zero-order valence-electron chi connectivity index (χ0n) is 13.7. The SMILES string of the molecule is Cc1cnn(Cc2cc(C(=O)N3CCCC(C)(C(=O)O)C3)no2)c1. The summed E-state index contributed by atoms with van der Waals surface area (Å²) in [4.78, 5) is 25.5. The van der Waals surface area contributed by atoms with Crippen LogP contribution >= 0.6 is 0 Å². The van der Waals surface area contributed by atoms with Crippen LogP contribution in [0.3, 0.4) is 0 Å². The topological polar surface area (TPSA) is 101 Å². The molecule has 1 aliphatic rings. The Morgan fingerprint density at radius 3 is 2.92 bits per heavy atom. The second kappa shape index (κ2) is 6.10. The molecule has 1 atom stereocenters. The molecule has 1 amide bonds. The van der Waals surface area contributed by atoms with Gasteiger partial charge in [0.2, 0.25) is 0 Å². The molecule has 0 saturated carbocycles. The Morgan fingerprint density at radius 2 is 2.25 bits per heavy atom. The van der Waals surface area contributed by atoms with Crippen LogP contribution in [0.15, 0.2) is 23.0 Å². The lowest BCUT2D eigenvalue weighted by Gasteiger charge is -2.37. The summed E-state index contributed by atoms with van der Waals surface area (Å²) < 4.78 is 6.92. The highest BCUT2D eigenvalue weighted by atomic mass is 16.5. The number of carboxylic acid groups (broad SMARTS) is 1. The number of likely N-dealkylation sites (tertiary alicyclic amines) is 1. The minimum Gasteiger partial charge on any atom is -0.481 e. The normalized spacial score (nSPS) is 21.0. The van der Waals surface area contributed by atoms with E-state index in [2.05, 4.69) is 10.3 Å². The van der Waals surface area contributed by atoms with E-state index in [9.17, 15) is 14.7 Å². The van der Waals surface area contributed by atoms with Gasteiger partial charge in [-0.3, -0.25) is 14.3 Å². The van der Waals surface area contributed by atoms with Gasteiger partial charge in [-0.1, -0.05) is 5.16 Å². The van der Waals surface area contributed by atoms with Crippen molar-refractivity contribution in [3.8, 4) is 0 Å². The van der Waals surface area contributed by atoms with Gasteiger partial charge in [0, 0.05) is 25.4 Å². The molecule has 2 aromatic rings. The van der Waals surface area contributed by atoms with Crippen molar-refractivity contribution in [1.29, 1.82) is 0 Å². The van der Waals surface area contributed by atoms with Gasteiger partial charge in [-0.25, -0.2) is 0 Å². The molecule has 1 saturated heterocycles. The summed E-state index contributed by atoms with van der Waals surface area (Å²) >= 11 is 0. The summed E-state index contributed by atoms with van der Waals surface area (Å²) in [5, 5.41) is 17.3. The molecule has 3 rings (SSSR count). The molecule has 3 heterocycles. The summed E-state index contributed by atoms with van der Waals surface area (Å²) in [6, 6.07) is 1.59. The number of hydrogen-bond donors (Lipinski definition) is 1. The number of carbonyl (C=O) groups excluding carboxylic acids is 1. The van der Waals surface area contributed by atoms with E-state index < -0.39 is 11.4 Å². The van der Waals surface area contributed by atoms with Crippen LogP contribution < -0.4 is 0 Å². The summed E-state index contributed by atoms with van der Waals surface area (Å²) in [6.45, 7) is 4.71. The Balaban J connectivity index is 1.70. The average Bonchev–Trinajstić information content (AvgIpc) is 3.16. The third-order valence-electron chi connectivity index (χ3n) is 4.36. The standard InChI is InChI=1S/C16H20N4O4/c1-11-7-17-20(8-11)9-12-6-13(18-24-12)14(21)19-5-3-4-16(2,10-19)15(22)23/h6-8H,3-5,9-10H2,1-2H3,(H,22,23). The van der Waals surface area contributed by atoms with Gasteiger partial charge in [-0.2, -0.15) is 5.10 Å². The first-order chi connectivity index (χ1) is 11.4. The molecule has 0 spiro atoms. The molecule has 0 radical (unpaired) electrons. The molecule has 24 heavy (non-hydrogen) atoms. The first kappa shape index (κ1) is 16.2. The van der Waals surface area contributed by atoms with E-state index in [1.807, 2.05) is 13.1 Å². The molecule has 8 heteroatoms. The monoisotopic (exact) mass is 332 g/mol. The zero-order chi connectivity index (χ0) is 17.3. The maximum Gasteiger partial charge on any atom is 0.311 e. The number of nitrogens with zero attached hydrogens (tertiary/aromatic N) is 4. The highest BCUT2D eigenvalue weighted by Crippen LogP contribution is 2.30. The molecule has 1 aliphatic heterocycles. The van der Waals surface area contributed by atoms with E-state index in [0.29, 0.717) is 31.7 Å². The van der Waals surface area contributed by atoms with Crippen LogP contribution in [-0.2, 0) is 11.3 Å². The predicted molar refractivity (Wildman–Crippen MR) is 83.4 cm³/mol. The molecule has 2 aromatic heterocycles. The summed E-state index contributed by atoms with van der Waals surface area (Å²) in [5.41, 5.74) is 0.322. The van der Waals surface area contributed by atoms with Crippen LogP contribution in [0.4, 0.5) is 0 Å². The third kappa shape index (κ3) is 3.17. The van der Waals surface area contributed by atoms with Crippen molar-refractivity contribution < 1.29 is 19.2 Å². The van der Waals surface area contributed by atoms with E-state index >= 15 is 0 Å². The minimum absolute atomic E-state index is 0.182. The molecule has 8 nitrogen and oxygen atoms in total. The molecule has 1 fully saturated rings. The van der Waals surface area contributed by atoms with Gasteiger partial charge in [-0.15, -0.1) is 0 Å². The van der Waals surface area contributed by atoms with Gasteiger partial charge in [0.15, 0.2) is 11.5 Å². The minimum atomic E-state index is -0.910. The number of carbonyl (C=O) groups is 2. The number of aliphatic carboxylic acids is 1. The Bertz CT molecular complexity index is 766. The van der Waals surface area contributed by atoms with Crippen LogP contribution in [0.5, 0.6) is 0 Å². The third-order valence-corrected chi connectivity index (χ3v) is 4.36. The Morgan fingerprint density at radius 1 is 1.46 bits per heavy atom. The van der Waals surface area contributed by atoms with Crippen molar-refractivity contribution in [2.45, 2.75) is 33.2 Å². The van der Waals surface area contributed by atoms with Crippen LogP contribution in [0.2, 0.25) is 0 Å². The molecular formula is C16H20N4O4. The molecule has 1 unspecified atom stereocenters. The first-order valence-corrected chi connectivity index (χ1v) is 7.85. The number of piperidine rings is 1. The van der Waals surface area contributed by atoms with E-state index in [1.54, 1.807) is 23.9 Å². The number of aromatic nitrogens is 3. The average molecular weight is 332 g/mol. The smallest absolute Gasteiger partial charge is 0.311 e. The maximum absolute atomic E-state index is 12.6. The van der Waals surface area contributed by atoms with Gasteiger partial charge in [-0.05, 0) is 32.3 Å². The van der Waals surface area contributed by atoms with Gasteiger partial charge < -0.3 is 14.5 Å². The van der Waals surface area contributed by atoms with Crippen LogP contribution in [0.25, 0.3) is 0 Å². The molecule has 0 aromatic carbocycles. The van der Waals surface area contributed by atoms with E-state index in [0.717, 1.165) is 5.56 Å². The number of amides is 1. The van der Waals surface area contributed by atoms with Gasteiger partial charge in [0.1, 0.15) is 6.54 Å². The quantitative estimate of drug-likeness (QED) is 0.911. The fourth-order valence-electron chi connectivity index (χ4n) is 2.95. The second-order valence-electron chi connectivity index (χ2n) is 6.59. The first-order valence-electron chi connectivity index (χ1n) is 7.85. The second-order valence-corrected chi connectivity index (χ2v) is 6.59. The molecule has 128 valence electrons. The lowest BCUT2D eigenvalue weighted by Crippen LogP contribution is -2.48. The largest absolute Gasteiger partial charge is 0.481 e. The number of carboxylic acids is 1. The summed E-state index contributed by atoms with van der Waals surface area (Å²) in [6.07, 6.45) is 4.83. The predicted octanol–water partition coefficient (Wildman–Crippen LogP) is 1.55. The highest BCUT2D eigenvalue weighted by Gasteiger charge is 2.40. The van der Waals surface area contributed by atoms with Crippen LogP contribution in [0, 0.1) is 12.3 Å². The van der Waals surface area contributed by atoms with E-state index in [1.165, 1.54) is 4.90 Å². The van der Waals surface area contributed by atoms with Crippen molar-refractivity contribution in [2.24, 2.45) is 5.41 Å². The van der Waals surface area contributed by atoms with Crippen molar-refractivity contribution >= 4 is 11.9 Å².